The molecule has 4 heteroatoms. The minimum Gasteiger partial charge on any atom is -0.492 e. The minimum atomic E-state index is 0.364. The first kappa shape index (κ1) is 13.8. The first-order chi connectivity index (χ1) is 9.78. The molecule has 0 fully saturated rings. The molecule has 1 aliphatic carbocycles. The lowest BCUT2D eigenvalue weighted by Crippen LogP contribution is -2.16. The Morgan fingerprint density at radius 3 is 3.15 bits per heavy atom. The third-order valence-electron chi connectivity index (χ3n) is 3.62. The van der Waals surface area contributed by atoms with Gasteiger partial charge in [0.05, 0.1) is 18.3 Å². The van der Waals surface area contributed by atoms with E-state index in [9.17, 15) is 0 Å². The summed E-state index contributed by atoms with van der Waals surface area (Å²) in [7, 11) is 0. The van der Waals surface area contributed by atoms with Crippen molar-refractivity contribution in [3.8, 4) is 5.75 Å². The van der Waals surface area contributed by atoms with Crippen molar-refractivity contribution >= 4 is 28.6 Å². The van der Waals surface area contributed by atoms with E-state index in [0.29, 0.717) is 12.6 Å². The van der Waals surface area contributed by atoms with Crippen molar-refractivity contribution in [1.82, 2.24) is 0 Å². The summed E-state index contributed by atoms with van der Waals surface area (Å²) in [6.07, 6.45) is 3.59. The highest BCUT2D eigenvalue weighted by atomic mass is 35.5. The van der Waals surface area contributed by atoms with Crippen LogP contribution < -0.4 is 10.1 Å². The molecular formula is C16H18ClNOS. The van der Waals surface area contributed by atoms with Crippen LogP contribution in [0.25, 0.3) is 0 Å². The zero-order chi connectivity index (χ0) is 13.9. The van der Waals surface area contributed by atoms with Crippen molar-refractivity contribution in [2.45, 2.75) is 32.2 Å². The van der Waals surface area contributed by atoms with E-state index < -0.39 is 0 Å². The number of thiophene rings is 1. The zero-order valence-electron chi connectivity index (χ0n) is 11.5. The molecule has 1 heterocycles. The summed E-state index contributed by atoms with van der Waals surface area (Å²) in [5.74, 6) is 0.874. The standard InChI is InChI=1S/C16H18ClNOS/c1-2-19-15-7-6-11(17)10-14(15)18-13-4-3-5-16-12(13)8-9-20-16/h6-10,13,18H,2-5H2,1H3. The van der Waals surface area contributed by atoms with E-state index >= 15 is 0 Å². The molecule has 3 rings (SSSR count). The normalized spacial score (nSPS) is 17.6. The monoisotopic (exact) mass is 307 g/mol. The molecule has 1 unspecified atom stereocenters. The summed E-state index contributed by atoms with van der Waals surface area (Å²) >= 11 is 7.98. The molecule has 0 saturated heterocycles. The summed E-state index contributed by atoms with van der Waals surface area (Å²) < 4.78 is 5.68. The number of nitrogens with one attached hydrogen (secondary N) is 1. The van der Waals surface area contributed by atoms with Crippen molar-refractivity contribution in [2.24, 2.45) is 0 Å². The van der Waals surface area contributed by atoms with Gasteiger partial charge in [-0.15, -0.1) is 11.3 Å². The SMILES string of the molecule is CCOc1ccc(Cl)cc1NC1CCCc2sccc21. The average Bonchev–Trinajstić information content (AvgIpc) is 2.91. The smallest absolute Gasteiger partial charge is 0.142 e. The highest BCUT2D eigenvalue weighted by molar-refractivity contribution is 7.10. The molecule has 106 valence electrons. The molecule has 0 aliphatic heterocycles. The Morgan fingerprint density at radius 2 is 2.30 bits per heavy atom. The summed E-state index contributed by atoms with van der Waals surface area (Å²) in [5, 5.41) is 6.53. The van der Waals surface area contributed by atoms with Gasteiger partial charge in [0.1, 0.15) is 5.75 Å². The van der Waals surface area contributed by atoms with Gasteiger partial charge in [-0.1, -0.05) is 11.6 Å². The lowest BCUT2D eigenvalue weighted by molar-refractivity contribution is 0.341. The molecular weight excluding hydrogens is 290 g/mol. The second-order valence-corrected chi connectivity index (χ2v) is 6.40. The molecule has 1 atom stereocenters. The van der Waals surface area contributed by atoms with E-state index in [1.807, 2.05) is 36.5 Å². The third kappa shape index (κ3) is 2.79. The maximum atomic E-state index is 6.12. The number of rotatable bonds is 4. The number of ether oxygens (including phenoxy) is 1. The number of fused-ring (bicyclic) bond motifs is 1. The van der Waals surface area contributed by atoms with Gasteiger partial charge in [0.2, 0.25) is 0 Å². The van der Waals surface area contributed by atoms with Gasteiger partial charge in [-0.25, -0.2) is 0 Å². The van der Waals surface area contributed by atoms with Gasteiger partial charge in [-0.3, -0.25) is 0 Å². The van der Waals surface area contributed by atoms with Crippen molar-refractivity contribution in [3.63, 3.8) is 0 Å². The van der Waals surface area contributed by atoms with Gasteiger partial charge in [0, 0.05) is 9.90 Å². The highest BCUT2D eigenvalue weighted by Crippen LogP contribution is 2.38. The zero-order valence-corrected chi connectivity index (χ0v) is 13.1. The van der Waals surface area contributed by atoms with Gasteiger partial charge in [0.25, 0.3) is 0 Å². The van der Waals surface area contributed by atoms with Crippen LogP contribution in [-0.2, 0) is 6.42 Å². The molecule has 1 aromatic carbocycles. The quantitative estimate of drug-likeness (QED) is 0.828. The lowest BCUT2D eigenvalue weighted by atomic mass is 9.94. The van der Waals surface area contributed by atoms with Gasteiger partial charge in [-0.05, 0) is 61.4 Å². The van der Waals surface area contributed by atoms with E-state index in [-0.39, 0.29) is 0 Å². The summed E-state index contributed by atoms with van der Waals surface area (Å²) in [5.41, 5.74) is 2.42. The van der Waals surface area contributed by atoms with Gasteiger partial charge >= 0.3 is 0 Å². The van der Waals surface area contributed by atoms with E-state index in [1.165, 1.54) is 23.3 Å². The van der Waals surface area contributed by atoms with Crippen LogP contribution in [0.2, 0.25) is 5.02 Å². The van der Waals surface area contributed by atoms with Gasteiger partial charge in [0.15, 0.2) is 0 Å². The van der Waals surface area contributed by atoms with Crippen LogP contribution in [0.1, 0.15) is 36.2 Å². The van der Waals surface area contributed by atoms with Gasteiger partial charge in [-0.2, -0.15) is 0 Å². The number of anilines is 1. The van der Waals surface area contributed by atoms with Crippen LogP contribution in [-0.4, -0.2) is 6.61 Å². The molecule has 2 aromatic rings. The molecule has 20 heavy (non-hydrogen) atoms. The Labute approximate surface area is 128 Å². The maximum Gasteiger partial charge on any atom is 0.142 e. The molecule has 0 saturated carbocycles. The average molecular weight is 308 g/mol. The summed E-state index contributed by atoms with van der Waals surface area (Å²) in [4.78, 5) is 1.51. The molecule has 1 aromatic heterocycles. The molecule has 1 aliphatic rings. The van der Waals surface area contributed by atoms with Crippen molar-refractivity contribution in [2.75, 3.05) is 11.9 Å². The second kappa shape index (κ2) is 6.06. The van der Waals surface area contributed by atoms with Crippen LogP contribution in [0.15, 0.2) is 29.6 Å². The first-order valence-corrected chi connectivity index (χ1v) is 8.29. The van der Waals surface area contributed by atoms with Crippen molar-refractivity contribution < 1.29 is 4.74 Å². The summed E-state index contributed by atoms with van der Waals surface area (Å²) in [6, 6.07) is 8.36. The lowest BCUT2D eigenvalue weighted by Gasteiger charge is -2.25. The van der Waals surface area contributed by atoms with Gasteiger partial charge < -0.3 is 10.1 Å². The molecule has 0 bridgehead atoms. The molecule has 0 spiro atoms. The van der Waals surface area contributed by atoms with E-state index in [4.69, 9.17) is 16.3 Å². The number of halogens is 1. The Morgan fingerprint density at radius 1 is 1.40 bits per heavy atom. The number of benzene rings is 1. The van der Waals surface area contributed by atoms with E-state index in [0.717, 1.165) is 22.9 Å². The largest absolute Gasteiger partial charge is 0.492 e. The van der Waals surface area contributed by atoms with Crippen molar-refractivity contribution in [1.29, 1.82) is 0 Å². The number of hydrogen-bond donors (Lipinski definition) is 1. The Hall–Kier alpha value is -1.19. The number of hydrogen-bond acceptors (Lipinski definition) is 3. The minimum absolute atomic E-state index is 0.364. The van der Waals surface area contributed by atoms with Crippen LogP contribution in [0, 0.1) is 0 Å². The predicted octanol–water partition coefficient (Wildman–Crippen LogP) is 5.29. The Balaban J connectivity index is 1.87. The fourth-order valence-electron chi connectivity index (χ4n) is 2.72. The molecule has 0 amide bonds. The Bertz CT molecular complexity index is 596. The van der Waals surface area contributed by atoms with Crippen LogP contribution in [0.5, 0.6) is 5.75 Å². The summed E-state index contributed by atoms with van der Waals surface area (Å²) in [6.45, 7) is 2.65. The van der Waals surface area contributed by atoms with E-state index in [2.05, 4.69) is 16.8 Å². The first-order valence-electron chi connectivity index (χ1n) is 7.03. The molecule has 0 radical (unpaired) electrons. The molecule has 2 nitrogen and oxygen atoms in total. The number of aryl methyl sites for hydroxylation is 1. The third-order valence-corrected chi connectivity index (χ3v) is 4.85. The van der Waals surface area contributed by atoms with Crippen LogP contribution >= 0.6 is 22.9 Å². The second-order valence-electron chi connectivity index (χ2n) is 4.96. The van der Waals surface area contributed by atoms with Crippen molar-refractivity contribution in [3.05, 3.63) is 45.1 Å². The fourth-order valence-corrected chi connectivity index (χ4v) is 3.88. The topological polar surface area (TPSA) is 21.3 Å². The maximum absolute atomic E-state index is 6.12. The molecule has 1 N–H and O–H groups in total. The fraction of sp³-hybridized carbons (Fsp3) is 0.375. The van der Waals surface area contributed by atoms with E-state index in [1.54, 1.807) is 0 Å². The van der Waals surface area contributed by atoms with Crippen LogP contribution in [0.3, 0.4) is 0 Å². The predicted molar refractivity (Wildman–Crippen MR) is 86.2 cm³/mol. The Kier molecular flexibility index (Phi) is 4.18. The van der Waals surface area contributed by atoms with Crippen LogP contribution in [0.4, 0.5) is 5.69 Å². The highest BCUT2D eigenvalue weighted by Gasteiger charge is 2.22.